The molecule has 3 nitrogen and oxygen atoms in total. The first-order valence-electron chi connectivity index (χ1n) is 6.17. The molecule has 0 aromatic rings. The molecule has 0 aromatic carbocycles. The SMILES string of the molecule is CCCC[N+](CC)(CCCC)CC(=O)O. The topological polar surface area (TPSA) is 37.3 Å². The summed E-state index contributed by atoms with van der Waals surface area (Å²) in [5.74, 6) is -0.663. The van der Waals surface area contributed by atoms with E-state index in [4.69, 9.17) is 5.11 Å². The van der Waals surface area contributed by atoms with Gasteiger partial charge in [-0.1, -0.05) is 26.7 Å². The lowest BCUT2D eigenvalue weighted by Crippen LogP contribution is -2.52. The smallest absolute Gasteiger partial charge is 0.359 e. The molecule has 0 amide bonds. The van der Waals surface area contributed by atoms with Crippen LogP contribution in [0.5, 0.6) is 0 Å². The maximum absolute atomic E-state index is 10.9. The molecule has 0 aliphatic carbocycles. The number of likely N-dealkylation sites (N-methyl/N-ethyl adjacent to an activating group) is 1. The molecule has 0 aromatic heterocycles. The molecule has 0 rings (SSSR count). The first-order valence-corrected chi connectivity index (χ1v) is 6.17. The average molecular weight is 216 g/mol. The minimum atomic E-state index is -0.663. The van der Waals surface area contributed by atoms with Gasteiger partial charge in [0.2, 0.25) is 0 Å². The fraction of sp³-hybridized carbons (Fsp3) is 0.917. The van der Waals surface area contributed by atoms with Gasteiger partial charge in [0.05, 0.1) is 19.6 Å². The number of aliphatic carboxylic acids is 1. The van der Waals surface area contributed by atoms with Gasteiger partial charge in [-0.25, -0.2) is 4.79 Å². The Kier molecular flexibility index (Phi) is 7.39. The zero-order valence-electron chi connectivity index (χ0n) is 10.5. The van der Waals surface area contributed by atoms with Crippen LogP contribution in [0.3, 0.4) is 0 Å². The van der Waals surface area contributed by atoms with Crippen molar-refractivity contribution >= 4 is 5.97 Å². The zero-order chi connectivity index (χ0) is 11.7. The molecular formula is C12H26NO2+. The summed E-state index contributed by atoms with van der Waals surface area (Å²) in [6.45, 7) is 9.67. The Hall–Kier alpha value is -0.570. The molecule has 0 aliphatic rings. The van der Waals surface area contributed by atoms with Crippen LogP contribution in [0.4, 0.5) is 0 Å². The van der Waals surface area contributed by atoms with Gasteiger partial charge in [-0.05, 0) is 19.8 Å². The second-order valence-electron chi connectivity index (χ2n) is 4.36. The number of rotatable bonds is 9. The van der Waals surface area contributed by atoms with E-state index in [9.17, 15) is 4.79 Å². The molecule has 1 N–H and O–H groups in total. The van der Waals surface area contributed by atoms with Crippen LogP contribution in [0.1, 0.15) is 46.5 Å². The molecule has 0 heterocycles. The van der Waals surface area contributed by atoms with Crippen LogP contribution in [0.15, 0.2) is 0 Å². The molecule has 15 heavy (non-hydrogen) atoms. The Labute approximate surface area is 93.7 Å². The van der Waals surface area contributed by atoms with Gasteiger partial charge in [0.25, 0.3) is 0 Å². The molecule has 0 bridgehead atoms. The number of carboxylic acid groups (broad SMARTS) is 1. The van der Waals surface area contributed by atoms with Crippen LogP contribution in [-0.4, -0.2) is 41.7 Å². The number of hydrogen-bond acceptors (Lipinski definition) is 1. The number of unbranched alkanes of at least 4 members (excludes halogenated alkanes) is 2. The summed E-state index contributed by atoms with van der Waals surface area (Å²) < 4.78 is 0.761. The molecule has 3 heteroatoms. The van der Waals surface area contributed by atoms with Gasteiger partial charge in [-0.2, -0.15) is 0 Å². The molecule has 0 saturated carbocycles. The van der Waals surface area contributed by atoms with E-state index < -0.39 is 5.97 Å². The summed E-state index contributed by atoms with van der Waals surface area (Å²) >= 11 is 0. The molecule has 0 atom stereocenters. The van der Waals surface area contributed by atoms with Gasteiger partial charge in [0, 0.05) is 0 Å². The van der Waals surface area contributed by atoms with Crippen molar-refractivity contribution < 1.29 is 14.4 Å². The molecule has 0 fully saturated rings. The largest absolute Gasteiger partial charge is 0.477 e. The van der Waals surface area contributed by atoms with Gasteiger partial charge in [-0.15, -0.1) is 0 Å². The molecule has 90 valence electrons. The fourth-order valence-electron chi connectivity index (χ4n) is 1.97. The molecule has 0 unspecified atom stereocenters. The lowest BCUT2D eigenvalue weighted by Gasteiger charge is -2.36. The summed E-state index contributed by atoms with van der Waals surface area (Å²) in [4.78, 5) is 10.9. The Bertz CT molecular complexity index is 172. The van der Waals surface area contributed by atoms with Crippen molar-refractivity contribution in [2.24, 2.45) is 0 Å². The van der Waals surface area contributed by atoms with Crippen molar-refractivity contribution in [2.75, 3.05) is 26.2 Å². The standard InChI is InChI=1S/C12H25NO2/c1-4-7-9-13(6-3,10-8-5-2)11-12(14)15/h4-11H2,1-3H3/p+1. The van der Waals surface area contributed by atoms with Crippen LogP contribution in [0, 0.1) is 0 Å². The monoisotopic (exact) mass is 216 g/mol. The van der Waals surface area contributed by atoms with E-state index in [0.717, 1.165) is 49.8 Å². The second-order valence-corrected chi connectivity index (χ2v) is 4.36. The Morgan fingerprint density at radius 2 is 1.53 bits per heavy atom. The lowest BCUT2D eigenvalue weighted by molar-refractivity contribution is -0.920. The minimum absolute atomic E-state index is 0.288. The highest BCUT2D eigenvalue weighted by atomic mass is 16.4. The predicted molar refractivity (Wildman–Crippen MR) is 62.9 cm³/mol. The van der Waals surface area contributed by atoms with Gasteiger partial charge < -0.3 is 9.59 Å². The van der Waals surface area contributed by atoms with E-state index in [-0.39, 0.29) is 6.54 Å². The van der Waals surface area contributed by atoms with Crippen molar-refractivity contribution in [3.8, 4) is 0 Å². The highest BCUT2D eigenvalue weighted by molar-refractivity contribution is 5.67. The van der Waals surface area contributed by atoms with Gasteiger partial charge in [-0.3, -0.25) is 0 Å². The van der Waals surface area contributed by atoms with Crippen molar-refractivity contribution in [1.82, 2.24) is 0 Å². The molecule has 0 spiro atoms. The number of quaternary nitrogens is 1. The third kappa shape index (κ3) is 5.78. The average Bonchev–Trinajstić information content (AvgIpc) is 2.22. The number of hydrogen-bond donors (Lipinski definition) is 1. The zero-order valence-corrected chi connectivity index (χ0v) is 10.5. The van der Waals surface area contributed by atoms with Gasteiger partial charge in [0.1, 0.15) is 0 Å². The summed E-state index contributed by atoms with van der Waals surface area (Å²) in [5.41, 5.74) is 0. The van der Waals surface area contributed by atoms with Gasteiger partial charge >= 0.3 is 5.97 Å². The predicted octanol–water partition coefficient (Wildman–Crippen LogP) is 2.51. The van der Waals surface area contributed by atoms with E-state index >= 15 is 0 Å². The molecule has 0 aliphatic heterocycles. The van der Waals surface area contributed by atoms with E-state index in [1.54, 1.807) is 0 Å². The van der Waals surface area contributed by atoms with Crippen LogP contribution >= 0.6 is 0 Å². The van der Waals surface area contributed by atoms with Crippen molar-refractivity contribution in [1.29, 1.82) is 0 Å². The van der Waals surface area contributed by atoms with Crippen molar-refractivity contribution in [2.45, 2.75) is 46.5 Å². The van der Waals surface area contributed by atoms with Crippen molar-refractivity contribution in [3.63, 3.8) is 0 Å². The summed E-state index contributed by atoms with van der Waals surface area (Å²) in [5, 5.41) is 8.96. The summed E-state index contributed by atoms with van der Waals surface area (Å²) in [6, 6.07) is 0. The van der Waals surface area contributed by atoms with Crippen LogP contribution in [0.2, 0.25) is 0 Å². The normalized spacial score (nSPS) is 11.7. The molecular weight excluding hydrogens is 190 g/mol. The highest BCUT2D eigenvalue weighted by Gasteiger charge is 2.27. The van der Waals surface area contributed by atoms with Gasteiger partial charge in [0.15, 0.2) is 6.54 Å². The maximum atomic E-state index is 10.9. The summed E-state index contributed by atoms with van der Waals surface area (Å²) in [7, 11) is 0. The fourth-order valence-corrected chi connectivity index (χ4v) is 1.97. The number of carbonyl (C=O) groups is 1. The van der Waals surface area contributed by atoms with E-state index in [0.29, 0.717) is 0 Å². The Morgan fingerprint density at radius 1 is 1.07 bits per heavy atom. The van der Waals surface area contributed by atoms with Crippen LogP contribution in [0.25, 0.3) is 0 Å². The lowest BCUT2D eigenvalue weighted by atomic mass is 10.2. The second kappa shape index (κ2) is 7.69. The molecule has 0 saturated heterocycles. The Morgan fingerprint density at radius 3 is 1.80 bits per heavy atom. The highest BCUT2D eigenvalue weighted by Crippen LogP contribution is 2.11. The minimum Gasteiger partial charge on any atom is -0.477 e. The number of nitrogens with zero attached hydrogens (tertiary/aromatic N) is 1. The summed E-state index contributed by atoms with van der Waals surface area (Å²) in [6.07, 6.45) is 4.55. The first kappa shape index (κ1) is 14.4. The van der Waals surface area contributed by atoms with E-state index in [1.165, 1.54) is 0 Å². The quantitative estimate of drug-likeness (QED) is 0.601. The molecule has 0 radical (unpaired) electrons. The third-order valence-corrected chi connectivity index (χ3v) is 3.11. The van der Waals surface area contributed by atoms with Crippen molar-refractivity contribution in [3.05, 3.63) is 0 Å². The Balaban J connectivity index is 4.36. The third-order valence-electron chi connectivity index (χ3n) is 3.11. The number of carboxylic acids is 1. The maximum Gasteiger partial charge on any atom is 0.359 e. The van der Waals surface area contributed by atoms with E-state index in [1.807, 2.05) is 0 Å². The van der Waals surface area contributed by atoms with Crippen LogP contribution in [-0.2, 0) is 4.79 Å². The van der Waals surface area contributed by atoms with Crippen LogP contribution < -0.4 is 0 Å². The van der Waals surface area contributed by atoms with E-state index in [2.05, 4.69) is 20.8 Å². The first-order chi connectivity index (χ1) is 7.10.